The van der Waals surface area contributed by atoms with Crippen molar-refractivity contribution >= 4 is 52.6 Å². The number of amides is 1. The van der Waals surface area contributed by atoms with Crippen LogP contribution < -0.4 is 5.32 Å². The molecule has 24 heavy (non-hydrogen) atoms. The summed E-state index contributed by atoms with van der Waals surface area (Å²) in [5.41, 5.74) is 0.932. The second-order valence-electron chi connectivity index (χ2n) is 4.97. The summed E-state index contributed by atoms with van der Waals surface area (Å²) in [5.74, 6) is 0.320. The molecular weight excluding hydrogens is 378 g/mol. The zero-order valence-electron chi connectivity index (χ0n) is 12.8. The fraction of sp³-hybridized carbons (Fsp3) is 0.188. The lowest BCUT2D eigenvalue weighted by molar-refractivity contribution is -0.119. The van der Waals surface area contributed by atoms with Crippen LogP contribution in [0.1, 0.15) is 17.8 Å². The predicted molar refractivity (Wildman–Crippen MR) is 104 cm³/mol. The Morgan fingerprint density at radius 2 is 2.12 bits per heavy atom. The van der Waals surface area contributed by atoms with E-state index in [0.29, 0.717) is 9.71 Å². The number of nitrogens with zero attached hydrogens (tertiary/aromatic N) is 2. The van der Waals surface area contributed by atoms with Crippen molar-refractivity contribution in [1.82, 2.24) is 15.1 Å². The third kappa shape index (κ3) is 4.32. The topological polar surface area (TPSA) is 46.9 Å². The molecule has 2 heterocycles. The average molecular weight is 394 g/mol. The van der Waals surface area contributed by atoms with Gasteiger partial charge in [0, 0.05) is 4.88 Å². The zero-order valence-corrected chi connectivity index (χ0v) is 16.1. The predicted octanol–water partition coefficient (Wildman–Crippen LogP) is 4.69. The summed E-state index contributed by atoms with van der Waals surface area (Å²) in [6, 6.07) is 13.8. The number of thiophene rings is 1. The number of benzene rings is 1. The highest BCUT2D eigenvalue weighted by atomic mass is 32.2. The van der Waals surface area contributed by atoms with E-state index in [1.807, 2.05) is 54.8 Å². The Morgan fingerprint density at radius 3 is 2.83 bits per heavy atom. The Bertz CT molecular complexity index is 855. The van der Waals surface area contributed by atoms with Crippen LogP contribution in [0.3, 0.4) is 0 Å². The third-order valence-electron chi connectivity index (χ3n) is 3.20. The molecule has 0 fully saturated rings. The Labute approximate surface area is 157 Å². The number of hydrogen-bond donors (Lipinski definition) is 1. The third-order valence-corrected chi connectivity index (χ3v) is 6.62. The minimum atomic E-state index is -0.00622. The van der Waals surface area contributed by atoms with Crippen LogP contribution in [0.25, 0.3) is 5.69 Å². The van der Waals surface area contributed by atoms with Gasteiger partial charge < -0.3 is 5.32 Å². The average Bonchev–Trinajstić information content (AvgIpc) is 3.23. The lowest BCUT2D eigenvalue weighted by Crippen LogP contribution is -2.27. The Kier molecular flexibility index (Phi) is 5.83. The smallest absolute Gasteiger partial charge is 0.230 e. The van der Waals surface area contributed by atoms with Gasteiger partial charge >= 0.3 is 0 Å². The lowest BCUT2D eigenvalue weighted by atomic mass is 10.3. The summed E-state index contributed by atoms with van der Waals surface area (Å²) >= 11 is 9.83. The molecule has 1 aromatic carbocycles. The second kappa shape index (κ2) is 8.06. The first-order valence-corrected chi connectivity index (χ1v) is 10.3. The Morgan fingerprint density at radius 1 is 1.33 bits per heavy atom. The van der Waals surface area contributed by atoms with Gasteiger partial charge in [0.1, 0.15) is 0 Å². The van der Waals surface area contributed by atoms with E-state index in [4.69, 9.17) is 12.2 Å². The maximum Gasteiger partial charge on any atom is 0.230 e. The number of rotatable bonds is 6. The molecule has 3 rings (SSSR count). The Hall–Kier alpha value is -1.48. The molecule has 124 valence electrons. The van der Waals surface area contributed by atoms with Gasteiger partial charge in [0.25, 0.3) is 0 Å². The van der Waals surface area contributed by atoms with Crippen molar-refractivity contribution in [1.29, 1.82) is 0 Å². The van der Waals surface area contributed by atoms with E-state index in [-0.39, 0.29) is 11.9 Å². The number of para-hydroxylation sites is 1. The molecule has 0 saturated heterocycles. The van der Waals surface area contributed by atoms with E-state index in [0.717, 1.165) is 14.9 Å². The van der Waals surface area contributed by atoms with Crippen molar-refractivity contribution in [3.63, 3.8) is 0 Å². The molecule has 1 amide bonds. The molecule has 4 nitrogen and oxygen atoms in total. The summed E-state index contributed by atoms with van der Waals surface area (Å²) in [4.78, 5) is 13.3. The van der Waals surface area contributed by atoms with Crippen LogP contribution in [0.4, 0.5) is 0 Å². The van der Waals surface area contributed by atoms with Gasteiger partial charge in [-0.15, -0.1) is 16.4 Å². The Balaban J connectivity index is 1.59. The van der Waals surface area contributed by atoms with Gasteiger partial charge in [-0.05, 0) is 42.7 Å². The molecule has 0 aliphatic carbocycles. The SMILES string of the molecule is C[C@H](NC(=O)CSc1nn(-c2ccccc2)c(=S)s1)c1cccs1. The standard InChI is InChI=1S/C16H15N3OS4/c1-11(13-8-5-9-22-13)17-14(20)10-23-15-18-19(16(21)24-15)12-6-3-2-4-7-12/h2-9,11H,10H2,1H3,(H,17,20)/t11-/m0/s1. The van der Waals surface area contributed by atoms with Crippen LogP contribution in [-0.2, 0) is 4.79 Å². The normalized spacial score (nSPS) is 12.0. The van der Waals surface area contributed by atoms with Gasteiger partial charge in [-0.2, -0.15) is 0 Å². The number of hydrogen-bond acceptors (Lipinski definition) is 6. The second-order valence-corrected chi connectivity index (χ2v) is 8.80. The van der Waals surface area contributed by atoms with Crippen LogP contribution in [0.2, 0.25) is 0 Å². The van der Waals surface area contributed by atoms with E-state index in [2.05, 4.69) is 10.4 Å². The van der Waals surface area contributed by atoms with Gasteiger partial charge in [0.15, 0.2) is 8.29 Å². The van der Waals surface area contributed by atoms with Crippen molar-refractivity contribution in [2.24, 2.45) is 0 Å². The number of carbonyl (C=O) groups excluding carboxylic acids is 1. The first-order valence-electron chi connectivity index (χ1n) is 7.24. The van der Waals surface area contributed by atoms with E-state index in [1.54, 1.807) is 16.0 Å². The molecule has 0 spiro atoms. The molecule has 3 aromatic rings. The van der Waals surface area contributed by atoms with E-state index >= 15 is 0 Å². The maximum atomic E-state index is 12.1. The minimum Gasteiger partial charge on any atom is -0.348 e. The van der Waals surface area contributed by atoms with Crippen molar-refractivity contribution in [2.45, 2.75) is 17.3 Å². The van der Waals surface area contributed by atoms with Gasteiger partial charge in [-0.1, -0.05) is 47.4 Å². The largest absolute Gasteiger partial charge is 0.348 e. The lowest BCUT2D eigenvalue weighted by Gasteiger charge is -2.11. The minimum absolute atomic E-state index is 0.00622. The fourth-order valence-corrected chi connectivity index (χ4v) is 4.98. The summed E-state index contributed by atoms with van der Waals surface area (Å²) in [7, 11) is 0. The molecule has 0 bridgehead atoms. The van der Waals surface area contributed by atoms with Gasteiger partial charge in [0.05, 0.1) is 17.5 Å². The van der Waals surface area contributed by atoms with Crippen molar-refractivity contribution < 1.29 is 4.79 Å². The van der Waals surface area contributed by atoms with Crippen molar-refractivity contribution in [2.75, 3.05) is 5.75 Å². The first kappa shape index (κ1) is 17.3. The van der Waals surface area contributed by atoms with Crippen LogP contribution in [0.5, 0.6) is 0 Å². The number of nitrogens with one attached hydrogen (secondary N) is 1. The highest BCUT2D eigenvalue weighted by Crippen LogP contribution is 2.24. The molecular formula is C16H15N3OS4. The molecule has 1 N–H and O–H groups in total. The number of carbonyl (C=O) groups is 1. The zero-order chi connectivity index (χ0) is 16.9. The van der Waals surface area contributed by atoms with Crippen LogP contribution in [-0.4, -0.2) is 21.4 Å². The maximum absolute atomic E-state index is 12.1. The molecule has 0 radical (unpaired) electrons. The van der Waals surface area contributed by atoms with E-state index in [1.165, 1.54) is 23.1 Å². The van der Waals surface area contributed by atoms with Gasteiger partial charge in [0.2, 0.25) is 5.91 Å². The monoisotopic (exact) mass is 393 g/mol. The molecule has 0 saturated carbocycles. The molecule has 2 aromatic heterocycles. The van der Waals surface area contributed by atoms with E-state index in [9.17, 15) is 4.79 Å². The molecule has 0 aliphatic rings. The summed E-state index contributed by atoms with van der Waals surface area (Å²) < 4.78 is 3.20. The molecule has 0 aliphatic heterocycles. The van der Waals surface area contributed by atoms with Crippen LogP contribution in [0.15, 0.2) is 52.2 Å². The summed E-state index contributed by atoms with van der Waals surface area (Å²) in [6.45, 7) is 1.99. The highest BCUT2D eigenvalue weighted by molar-refractivity contribution is 8.01. The summed E-state index contributed by atoms with van der Waals surface area (Å²) in [6.07, 6.45) is 0. The molecule has 8 heteroatoms. The van der Waals surface area contributed by atoms with E-state index < -0.39 is 0 Å². The summed E-state index contributed by atoms with van der Waals surface area (Å²) in [5, 5.41) is 9.51. The molecule has 0 unspecified atom stereocenters. The number of aromatic nitrogens is 2. The quantitative estimate of drug-likeness (QED) is 0.487. The van der Waals surface area contributed by atoms with Crippen LogP contribution >= 0.6 is 46.7 Å². The van der Waals surface area contributed by atoms with Crippen molar-refractivity contribution in [3.8, 4) is 5.69 Å². The van der Waals surface area contributed by atoms with Crippen molar-refractivity contribution in [3.05, 3.63) is 56.7 Å². The fourth-order valence-electron chi connectivity index (χ4n) is 2.07. The molecule has 1 atom stereocenters. The first-order chi connectivity index (χ1) is 11.6. The van der Waals surface area contributed by atoms with Gasteiger partial charge in [-0.25, -0.2) is 4.68 Å². The van der Waals surface area contributed by atoms with Gasteiger partial charge in [-0.3, -0.25) is 4.79 Å². The highest BCUT2D eigenvalue weighted by Gasteiger charge is 2.12. The van der Waals surface area contributed by atoms with Crippen LogP contribution in [0, 0.1) is 3.95 Å². The number of thioether (sulfide) groups is 1.